The number of ether oxygens (including phenoxy) is 1. The van der Waals surface area contributed by atoms with Crippen LogP contribution in [0.25, 0.3) is 66.8 Å². The molecule has 0 saturated carbocycles. The summed E-state index contributed by atoms with van der Waals surface area (Å²) in [6.45, 7) is 16.6. The number of carbonyl (C=O) groups excluding carboxylic acids is 1. The van der Waals surface area contributed by atoms with Gasteiger partial charge in [0.25, 0.3) is 0 Å². The van der Waals surface area contributed by atoms with Gasteiger partial charge in [0, 0.05) is 83.4 Å². The standard InChI is InChI=1S/C57H44Cl6N2O10/c1-6-9-28-48(66)26(4)16-34-46(30-18-40(58)42(60)20-32(30)56(70)71)35-17-27(5)49(67)38(54(35)74-52(28)34)24-64-11-13-65(14-12-64)25-39-51(69)45(63)23-37-47(31-19-41(59)43(61)21-33(31)57(72)73-15-8-3)36-22-44(62)50(68)29(10-7-2)53(36)75-55(37)39/h6-8,16-23,67,69H,1-3,9-15,24-25H2,4-5H3,(H,70,71). The molecule has 3 heterocycles. The van der Waals surface area contributed by atoms with Crippen LogP contribution >= 0.6 is 69.6 Å². The summed E-state index contributed by atoms with van der Waals surface area (Å²) in [5, 5.41) is 35.2. The van der Waals surface area contributed by atoms with Gasteiger partial charge in [0.05, 0.1) is 52.4 Å². The number of phenolic OH excluding ortho intramolecular Hbond substituents is 2. The highest BCUT2D eigenvalue weighted by molar-refractivity contribution is 6.43. The van der Waals surface area contributed by atoms with Crippen molar-refractivity contribution in [1.29, 1.82) is 0 Å². The Hall–Kier alpha value is -6.32. The van der Waals surface area contributed by atoms with Crippen LogP contribution in [-0.4, -0.2) is 69.8 Å². The summed E-state index contributed by atoms with van der Waals surface area (Å²) in [5.74, 6) is -2.01. The van der Waals surface area contributed by atoms with E-state index in [1.807, 2.05) is 0 Å². The van der Waals surface area contributed by atoms with Gasteiger partial charge in [-0.2, -0.15) is 0 Å². The van der Waals surface area contributed by atoms with E-state index < -0.39 is 17.4 Å². The topological polar surface area (TPSA) is 171 Å². The van der Waals surface area contributed by atoms with Gasteiger partial charge in [0.1, 0.15) is 40.8 Å². The second-order valence-electron chi connectivity index (χ2n) is 18.2. The Labute approximate surface area is 459 Å². The number of carboxylic acid groups (broad SMARTS) is 1. The van der Waals surface area contributed by atoms with Crippen LogP contribution in [-0.2, 0) is 30.7 Å². The van der Waals surface area contributed by atoms with Gasteiger partial charge in [0.2, 0.25) is 5.43 Å². The number of hydrogen-bond acceptors (Lipinski definition) is 11. The second-order valence-corrected chi connectivity index (χ2v) is 20.6. The van der Waals surface area contributed by atoms with Crippen molar-refractivity contribution in [3.05, 3.63) is 182 Å². The summed E-state index contributed by atoms with van der Waals surface area (Å²) in [5.41, 5.74) is 3.62. The monoisotopic (exact) mass is 1130 g/mol. The highest BCUT2D eigenvalue weighted by Crippen LogP contribution is 2.50. The highest BCUT2D eigenvalue weighted by atomic mass is 35.5. The Bertz CT molecular complexity index is 3820. The number of aromatic carboxylic acids is 1. The zero-order valence-corrected chi connectivity index (χ0v) is 44.7. The molecule has 12 nitrogen and oxygen atoms in total. The predicted octanol–water partition coefficient (Wildman–Crippen LogP) is 14.2. The number of nitrogens with zero attached hydrogens (tertiary/aromatic N) is 2. The summed E-state index contributed by atoms with van der Waals surface area (Å²) >= 11 is 39.7. The molecule has 0 bridgehead atoms. The molecule has 1 fully saturated rings. The lowest BCUT2D eigenvalue weighted by atomic mass is 9.86. The van der Waals surface area contributed by atoms with Crippen molar-refractivity contribution in [2.45, 2.75) is 39.8 Å². The molecule has 3 N–H and O–H groups in total. The molecule has 0 aromatic heterocycles. The average Bonchev–Trinajstić information content (AvgIpc) is 3.39. The Morgan fingerprint density at radius 1 is 0.573 bits per heavy atom. The SMILES string of the molecule is C=CCOC(=O)c1cc(Cl)c(Cl)cc1-c1c2cc(Cl)c(=O)c(CC=C)c-2oc2c(CN3CCN(Cc4c(O)c(C)cc5c(-c6cc(Cl)c(Cl)cc6C(=O)O)c6cc(C)c(=O)c(CC=C)c-6oc45)CC3)c(O)c(Cl)cc12. The first-order chi connectivity index (χ1) is 35.8. The van der Waals surface area contributed by atoms with E-state index in [0.29, 0.717) is 81.5 Å². The van der Waals surface area contributed by atoms with Crippen LogP contribution in [0.15, 0.2) is 105 Å². The molecular formula is C57H44Cl6N2O10. The molecule has 0 radical (unpaired) electrons. The summed E-state index contributed by atoms with van der Waals surface area (Å²) in [6, 6.07) is 12.0. The molecule has 3 aliphatic heterocycles. The first-order valence-electron chi connectivity index (χ1n) is 23.3. The van der Waals surface area contributed by atoms with E-state index in [0.717, 1.165) is 0 Å². The van der Waals surface area contributed by atoms with Gasteiger partial charge in [-0.1, -0.05) is 94.4 Å². The Kier molecular flexibility index (Phi) is 15.2. The summed E-state index contributed by atoms with van der Waals surface area (Å²) in [4.78, 5) is 58.2. The van der Waals surface area contributed by atoms with Crippen molar-refractivity contribution < 1.29 is 38.5 Å². The van der Waals surface area contributed by atoms with Crippen LogP contribution in [0.3, 0.4) is 0 Å². The Morgan fingerprint density at radius 2 is 1.04 bits per heavy atom. The zero-order chi connectivity index (χ0) is 53.9. The molecule has 9 rings (SSSR count). The third kappa shape index (κ3) is 9.68. The van der Waals surface area contributed by atoms with Gasteiger partial charge in [-0.15, -0.1) is 13.2 Å². The van der Waals surface area contributed by atoms with Crippen LogP contribution in [0.5, 0.6) is 11.5 Å². The molecule has 0 atom stereocenters. The molecule has 384 valence electrons. The van der Waals surface area contributed by atoms with Crippen molar-refractivity contribution in [3.63, 3.8) is 0 Å². The number of phenols is 2. The lowest BCUT2D eigenvalue weighted by Crippen LogP contribution is -2.45. The minimum atomic E-state index is -1.26. The molecule has 18 heteroatoms. The van der Waals surface area contributed by atoms with Crippen molar-refractivity contribution in [2.75, 3.05) is 32.8 Å². The number of hydrogen-bond donors (Lipinski definition) is 3. The van der Waals surface area contributed by atoms with Gasteiger partial charge in [-0.05, 0) is 97.5 Å². The fourth-order valence-electron chi connectivity index (χ4n) is 9.91. The van der Waals surface area contributed by atoms with Crippen molar-refractivity contribution >= 4 is 103 Å². The van der Waals surface area contributed by atoms with Gasteiger partial charge in [-0.25, -0.2) is 9.59 Å². The number of aromatic hydroxyl groups is 2. The van der Waals surface area contributed by atoms with E-state index in [9.17, 15) is 34.5 Å². The fraction of sp³-hybridized carbons (Fsp3) is 0.193. The summed E-state index contributed by atoms with van der Waals surface area (Å²) < 4.78 is 18.9. The van der Waals surface area contributed by atoms with Crippen LogP contribution in [0, 0.1) is 13.8 Å². The molecule has 5 aliphatic rings. The summed E-state index contributed by atoms with van der Waals surface area (Å²) in [6.07, 6.45) is 4.73. The first-order valence-corrected chi connectivity index (χ1v) is 25.6. The maximum absolute atomic E-state index is 13.7. The van der Waals surface area contributed by atoms with E-state index in [4.69, 9.17) is 83.2 Å². The smallest absolute Gasteiger partial charge is 0.339 e. The predicted molar refractivity (Wildman–Crippen MR) is 298 cm³/mol. The number of benzene rings is 6. The number of piperazine rings is 1. The molecule has 1 saturated heterocycles. The van der Waals surface area contributed by atoms with Gasteiger partial charge in [-0.3, -0.25) is 19.4 Å². The number of fused-ring (bicyclic) bond motifs is 4. The second kappa shape index (κ2) is 21.4. The van der Waals surface area contributed by atoms with E-state index in [2.05, 4.69) is 29.5 Å². The number of allylic oxidation sites excluding steroid dienone is 2. The van der Waals surface area contributed by atoms with Crippen molar-refractivity contribution in [2.24, 2.45) is 0 Å². The number of carboxylic acids is 1. The molecule has 0 spiro atoms. The number of carbonyl (C=O) groups is 2. The van der Waals surface area contributed by atoms with Crippen LogP contribution < -0.4 is 10.9 Å². The number of aryl methyl sites for hydroxylation is 2. The molecule has 4 aromatic carbocycles. The van der Waals surface area contributed by atoms with Crippen molar-refractivity contribution in [3.8, 4) is 56.4 Å². The van der Waals surface area contributed by atoms with Gasteiger partial charge >= 0.3 is 11.9 Å². The highest BCUT2D eigenvalue weighted by Gasteiger charge is 2.33. The maximum Gasteiger partial charge on any atom is 0.339 e. The normalized spacial score (nSPS) is 13.3. The third-order valence-electron chi connectivity index (χ3n) is 13.5. The number of halogens is 6. The summed E-state index contributed by atoms with van der Waals surface area (Å²) in [7, 11) is 0. The molecule has 2 aliphatic carbocycles. The lowest BCUT2D eigenvalue weighted by molar-refractivity contribution is 0.0550. The van der Waals surface area contributed by atoms with Gasteiger partial charge < -0.3 is 28.9 Å². The number of rotatable bonds is 14. The van der Waals surface area contributed by atoms with E-state index in [1.54, 1.807) is 32.1 Å². The molecule has 4 aromatic rings. The third-order valence-corrected chi connectivity index (χ3v) is 15.5. The minimum absolute atomic E-state index is 0.0287. The molecular weight excluding hydrogens is 1090 g/mol. The Balaban J connectivity index is 1.15. The van der Waals surface area contributed by atoms with Crippen molar-refractivity contribution in [1.82, 2.24) is 9.80 Å². The van der Waals surface area contributed by atoms with E-state index in [-0.39, 0.29) is 136 Å². The van der Waals surface area contributed by atoms with E-state index >= 15 is 0 Å². The molecule has 75 heavy (non-hydrogen) atoms. The molecule has 0 amide bonds. The van der Waals surface area contributed by atoms with Crippen LogP contribution in [0.1, 0.15) is 54.1 Å². The quantitative estimate of drug-likeness (QED) is 0.0536. The molecule has 0 unspecified atom stereocenters. The van der Waals surface area contributed by atoms with Crippen LogP contribution in [0.4, 0.5) is 0 Å². The average molecular weight is 1130 g/mol. The Morgan fingerprint density at radius 3 is 1.57 bits per heavy atom. The van der Waals surface area contributed by atoms with E-state index in [1.165, 1.54) is 48.6 Å². The van der Waals surface area contributed by atoms with Gasteiger partial charge in [0.15, 0.2) is 5.43 Å². The minimum Gasteiger partial charge on any atom is -0.507 e. The maximum atomic E-state index is 13.7. The lowest BCUT2D eigenvalue weighted by Gasteiger charge is -2.35. The fourth-order valence-corrected chi connectivity index (χ4v) is 11.0. The number of esters is 1. The largest absolute Gasteiger partial charge is 0.507 e. The first kappa shape index (κ1) is 53.5. The van der Waals surface area contributed by atoms with Crippen LogP contribution in [0.2, 0.25) is 30.1 Å². The zero-order valence-electron chi connectivity index (χ0n) is 40.2.